The molecule has 0 spiro atoms. The lowest BCUT2D eigenvalue weighted by molar-refractivity contribution is -0.140. The van der Waals surface area contributed by atoms with Crippen molar-refractivity contribution in [1.29, 1.82) is 0 Å². The minimum Gasteiger partial charge on any atom is -0.375 e. The smallest absolute Gasteiger partial charge is 0.375 e. The van der Waals surface area contributed by atoms with Gasteiger partial charge in [-0.3, -0.25) is 14.6 Å². The highest BCUT2D eigenvalue weighted by Crippen LogP contribution is 2.42. The van der Waals surface area contributed by atoms with Gasteiger partial charge in [0.05, 0.1) is 11.2 Å². The number of amides is 1. The number of rotatable bonds is 7. The van der Waals surface area contributed by atoms with Crippen LogP contribution in [-0.2, 0) is 22.3 Å². The van der Waals surface area contributed by atoms with E-state index in [4.69, 9.17) is 4.74 Å². The minimum absolute atomic E-state index is 0.270. The minimum atomic E-state index is -4.59. The molecule has 2 unspecified atom stereocenters. The molecule has 0 radical (unpaired) electrons. The van der Waals surface area contributed by atoms with Crippen molar-refractivity contribution in [2.45, 2.75) is 63.9 Å². The van der Waals surface area contributed by atoms with E-state index < -0.39 is 29.4 Å². The van der Waals surface area contributed by atoms with Gasteiger partial charge in [0.2, 0.25) is 5.91 Å². The Hall–Kier alpha value is -2.49. The van der Waals surface area contributed by atoms with Crippen LogP contribution in [0.1, 0.15) is 51.2 Å². The third kappa shape index (κ3) is 6.89. The highest BCUT2D eigenvalue weighted by Gasteiger charge is 2.47. The summed E-state index contributed by atoms with van der Waals surface area (Å²) in [5.74, 6) is -1.39. The molecular formula is C28H37F3N4O2. The topological polar surface area (TPSA) is 57.7 Å². The van der Waals surface area contributed by atoms with Crippen LogP contribution in [0.4, 0.5) is 19.0 Å². The first-order valence-electron chi connectivity index (χ1n) is 13.0. The van der Waals surface area contributed by atoms with Crippen LogP contribution in [0.3, 0.4) is 0 Å². The number of aromatic nitrogens is 1. The molecule has 2 aliphatic heterocycles. The van der Waals surface area contributed by atoms with Gasteiger partial charge in [-0.15, -0.1) is 0 Å². The fraction of sp³-hybridized carbons (Fsp3) is 0.571. The number of benzene rings is 1. The first kappa shape index (κ1) is 27.5. The fourth-order valence-corrected chi connectivity index (χ4v) is 5.88. The highest BCUT2D eigenvalue weighted by molar-refractivity contribution is 5.92. The molecule has 37 heavy (non-hydrogen) atoms. The summed E-state index contributed by atoms with van der Waals surface area (Å²) in [5, 5.41) is 2.45. The van der Waals surface area contributed by atoms with Crippen molar-refractivity contribution in [2.24, 2.45) is 5.92 Å². The summed E-state index contributed by atoms with van der Waals surface area (Å²) < 4.78 is 46.3. The van der Waals surface area contributed by atoms with Crippen LogP contribution in [0.25, 0.3) is 0 Å². The maximum Gasteiger partial charge on any atom is 0.419 e. The van der Waals surface area contributed by atoms with E-state index in [0.29, 0.717) is 13.0 Å². The number of nitrogens with one attached hydrogen (secondary N) is 1. The molecule has 9 heteroatoms. The van der Waals surface area contributed by atoms with Crippen LogP contribution < -0.4 is 5.32 Å². The molecule has 0 saturated carbocycles. The molecule has 2 atom stereocenters. The lowest BCUT2D eigenvalue weighted by Gasteiger charge is -2.54. The molecule has 2 fully saturated rings. The lowest BCUT2D eigenvalue weighted by Crippen LogP contribution is -2.62. The van der Waals surface area contributed by atoms with Crippen LogP contribution >= 0.6 is 0 Å². The molecule has 2 aliphatic rings. The van der Waals surface area contributed by atoms with E-state index in [2.05, 4.69) is 58.2 Å². The van der Waals surface area contributed by atoms with Gasteiger partial charge in [0.25, 0.3) is 0 Å². The molecule has 1 amide bonds. The van der Waals surface area contributed by atoms with Crippen molar-refractivity contribution in [3.8, 4) is 0 Å². The molecule has 0 aliphatic carbocycles. The average molecular weight is 519 g/mol. The Labute approximate surface area is 217 Å². The Morgan fingerprint density at radius 1 is 1.11 bits per heavy atom. The number of carbonyl (C=O) groups is 1. The second-order valence-electron chi connectivity index (χ2n) is 11.0. The molecule has 1 aromatic carbocycles. The van der Waals surface area contributed by atoms with Gasteiger partial charge >= 0.3 is 6.18 Å². The van der Waals surface area contributed by atoms with Crippen molar-refractivity contribution >= 4 is 11.7 Å². The summed E-state index contributed by atoms with van der Waals surface area (Å²) in [6.45, 7) is 11.0. The van der Waals surface area contributed by atoms with Crippen LogP contribution in [0.5, 0.6) is 0 Å². The van der Waals surface area contributed by atoms with Gasteiger partial charge in [0, 0.05) is 57.0 Å². The maximum atomic E-state index is 13.4. The molecule has 6 nitrogen and oxygen atoms in total. The number of hydrogen-bond acceptors (Lipinski definition) is 5. The number of anilines is 1. The summed E-state index contributed by atoms with van der Waals surface area (Å²) >= 11 is 0. The molecule has 3 heterocycles. The molecule has 2 aromatic rings. The highest BCUT2D eigenvalue weighted by atomic mass is 19.4. The first-order valence-corrected chi connectivity index (χ1v) is 13.0. The predicted molar refractivity (Wildman–Crippen MR) is 137 cm³/mol. The van der Waals surface area contributed by atoms with Gasteiger partial charge in [0.15, 0.2) is 0 Å². The van der Waals surface area contributed by atoms with E-state index in [9.17, 15) is 18.0 Å². The van der Waals surface area contributed by atoms with Gasteiger partial charge in [0.1, 0.15) is 5.82 Å². The van der Waals surface area contributed by atoms with Crippen molar-refractivity contribution in [2.75, 3.05) is 38.1 Å². The van der Waals surface area contributed by atoms with Crippen LogP contribution in [0.2, 0.25) is 0 Å². The average Bonchev–Trinajstić information content (AvgIpc) is 2.84. The molecule has 202 valence electrons. The van der Waals surface area contributed by atoms with E-state index in [1.165, 1.54) is 17.8 Å². The number of nitrogens with zero attached hydrogens (tertiary/aromatic N) is 3. The zero-order valence-corrected chi connectivity index (χ0v) is 21.9. The van der Waals surface area contributed by atoms with Gasteiger partial charge < -0.3 is 10.1 Å². The van der Waals surface area contributed by atoms with Crippen molar-refractivity contribution in [1.82, 2.24) is 14.8 Å². The third-order valence-electron chi connectivity index (χ3n) is 7.60. The lowest BCUT2D eigenvalue weighted by atomic mass is 9.74. The summed E-state index contributed by atoms with van der Waals surface area (Å²) in [4.78, 5) is 21.9. The Kier molecular flexibility index (Phi) is 8.26. The van der Waals surface area contributed by atoms with Crippen molar-refractivity contribution in [3.63, 3.8) is 0 Å². The van der Waals surface area contributed by atoms with Gasteiger partial charge in [-0.1, -0.05) is 37.3 Å². The molecule has 4 rings (SSSR count). The second kappa shape index (κ2) is 11.1. The predicted octanol–water partition coefficient (Wildman–Crippen LogP) is 5.21. The SMILES string of the molecule is CC(CC1(N2CCN(Cc3ccccc3)CC2)CCOC(C)(C)C1)C(=O)Nc1ncccc1C(F)(F)F. The zero-order chi connectivity index (χ0) is 26.7. The maximum absolute atomic E-state index is 13.4. The monoisotopic (exact) mass is 518 g/mol. The fourth-order valence-electron chi connectivity index (χ4n) is 5.88. The van der Waals surface area contributed by atoms with Crippen molar-refractivity contribution < 1.29 is 22.7 Å². The number of piperazine rings is 1. The number of alkyl halides is 3. The van der Waals surface area contributed by atoms with E-state index in [1.54, 1.807) is 6.92 Å². The van der Waals surface area contributed by atoms with E-state index in [0.717, 1.165) is 51.6 Å². The van der Waals surface area contributed by atoms with E-state index in [-0.39, 0.29) is 11.1 Å². The normalized spacial score (nSPS) is 23.9. The van der Waals surface area contributed by atoms with Crippen molar-refractivity contribution in [3.05, 3.63) is 59.8 Å². The molecule has 1 N–H and O–H groups in total. The Morgan fingerprint density at radius 2 is 1.81 bits per heavy atom. The van der Waals surface area contributed by atoms with Crippen LogP contribution in [0, 0.1) is 5.92 Å². The second-order valence-corrected chi connectivity index (χ2v) is 11.0. The van der Waals surface area contributed by atoms with Gasteiger partial charge in [-0.2, -0.15) is 13.2 Å². The third-order valence-corrected chi connectivity index (χ3v) is 7.60. The van der Waals surface area contributed by atoms with Gasteiger partial charge in [-0.05, 0) is 50.8 Å². The zero-order valence-electron chi connectivity index (χ0n) is 21.9. The number of halogens is 3. The summed E-state index contributed by atoms with van der Waals surface area (Å²) in [7, 11) is 0. The summed E-state index contributed by atoms with van der Waals surface area (Å²) in [6, 6.07) is 12.6. The number of ether oxygens (including phenoxy) is 1. The number of hydrogen-bond donors (Lipinski definition) is 1. The van der Waals surface area contributed by atoms with Gasteiger partial charge in [-0.25, -0.2) is 4.98 Å². The summed E-state index contributed by atoms with van der Waals surface area (Å²) in [5.41, 5.74) is -0.267. The Bertz CT molecular complexity index is 1050. The summed E-state index contributed by atoms with van der Waals surface area (Å²) in [6.07, 6.45) is -1.26. The Balaban J connectivity index is 1.46. The number of pyridine rings is 1. The van der Waals surface area contributed by atoms with Crippen LogP contribution in [-0.4, -0.2) is 64.6 Å². The van der Waals surface area contributed by atoms with Crippen LogP contribution in [0.15, 0.2) is 48.7 Å². The van der Waals surface area contributed by atoms with E-state index >= 15 is 0 Å². The molecule has 2 saturated heterocycles. The quantitative estimate of drug-likeness (QED) is 0.545. The molecule has 0 bridgehead atoms. The molecular weight excluding hydrogens is 481 g/mol. The standard InChI is InChI=1S/C28H37F3N4O2/c1-21(25(36)33-24-23(28(29,30)31)10-7-12-32-24)18-27(11-17-37-26(2,3)20-27)35-15-13-34(14-16-35)19-22-8-5-4-6-9-22/h4-10,12,21H,11,13-20H2,1-3H3,(H,32,33,36). The largest absolute Gasteiger partial charge is 0.419 e. The number of carbonyl (C=O) groups excluding carboxylic acids is 1. The first-order chi connectivity index (χ1) is 17.5. The molecule has 1 aromatic heterocycles. The Morgan fingerprint density at radius 3 is 2.46 bits per heavy atom. The van der Waals surface area contributed by atoms with E-state index in [1.807, 2.05) is 6.07 Å².